The molecule has 0 radical (unpaired) electrons. The number of amides is 1. The number of nitrogens with zero attached hydrogens (tertiary/aromatic N) is 6. The molecule has 1 fully saturated rings. The predicted molar refractivity (Wildman–Crippen MR) is 93.7 cm³/mol. The molecule has 2 aromatic rings. The SMILES string of the molecule is CCCOc1nccnc1N1CCC(N(C)C(=O)c2ccnn2C)C1. The number of carbonyl (C=O) groups is 1. The lowest BCUT2D eigenvalue weighted by molar-refractivity contribution is 0.0734. The minimum atomic E-state index is -0.0200. The number of carbonyl (C=O) groups excluding carboxylic acids is 1. The van der Waals surface area contributed by atoms with Crippen LogP contribution in [-0.2, 0) is 7.05 Å². The third-order valence-corrected chi connectivity index (χ3v) is 4.46. The van der Waals surface area contributed by atoms with Crippen molar-refractivity contribution in [1.29, 1.82) is 0 Å². The lowest BCUT2D eigenvalue weighted by Gasteiger charge is -2.25. The maximum Gasteiger partial charge on any atom is 0.272 e. The third kappa shape index (κ3) is 3.57. The molecule has 1 amide bonds. The summed E-state index contributed by atoms with van der Waals surface area (Å²) in [6.45, 7) is 4.19. The van der Waals surface area contributed by atoms with Gasteiger partial charge in [0.15, 0.2) is 5.82 Å². The maximum absolute atomic E-state index is 12.7. The van der Waals surface area contributed by atoms with Crippen molar-refractivity contribution in [3.05, 3.63) is 30.4 Å². The Balaban J connectivity index is 1.70. The summed E-state index contributed by atoms with van der Waals surface area (Å²) < 4.78 is 7.31. The molecule has 3 rings (SSSR count). The third-order valence-electron chi connectivity index (χ3n) is 4.46. The minimum absolute atomic E-state index is 0.0200. The Hall–Kier alpha value is -2.64. The number of ether oxygens (including phenoxy) is 1. The molecule has 1 aliphatic rings. The Morgan fingerprint density at radius 2 is 2.16 bits per heavy atom. The Morgan fingerprint density at radius 1 is 1.36 bits per heavy atom. The van der Waals surface area contributed by atoms with Crippen LogP contribution in [0.3, 0.4) is 0 Å². The van der Waals surface area contributed by atoms with Crippen LogP contribution in [0.5, 0.6) is 5.88 Å². The fourth-order valence-electron chi connectivity index (χ4n) is 3.02. The molecule has 0 saturated carbocycles. The van der Waals surface area contributed by atoms with Gasteiger partial charge in [-0.25, -0.2) is 9.97 Å². The standard InChI is InChI=1S/C17H24N6O2/c1-4-11-25-16-15(18-8-9-19-16)23-10-6-13(12-23)21(2)17(24)14-5-7-20-22(14)3/h5,7-9,13H,4,6,10-12H2,1-3H3. The zero-order valence-corrected chi connectivity index (χ0v) is 14.9. The highest BCUT2D eigenvalue weighted by molar-refractivity contribution is 5.92. The van der Waals surface area contributed by atoms with Crippen molar-refractivity contribution < 1.29 is 9.53 Å². The number of likely N-dealkylation sites (N-methyl/N-ethyl adjacent to an activating group) is 1. The van der Waals surface area contributed by atoms with Crippen LogP contribution < -0.4 is 9.64 Å². The first-order chi connectivity index (χ1) is 12.1. The van der Waals surface area contributed by atoms with Gasteiger partial charge in [0.1, 0.15) is 5.69 Å². The smallest absolute Gasteiger partial charge is 0.272 e. The monoisotopic (exact) mass is 344 g/mol. The van der Waals surface area contributed by atoms with Crippen molar-refractivity contribution >= 4 is 11.7 Å². The van der Waals surface area contributed by atoms with Gasteiger partial charge >= 0.3 is 0 Å². The number of hydrogen-bond acceptors (Lipinski definition) is 6. The van der Waals surface area contributed by atoms with Gasteiger partial charge < -0.3 is 14.5 Å². The van der Waals surface area contributed by atoms with Gasteiger partial charge in [0.2, 0.25) is 0 Å². The molecule has 0 bridgehead atoms. The number of rotatable bonds is 6. The second kappa shape index (κ2) is 7.50. The van der Waals surface area contributed by atoms with Crippen LogP contribution >= 0.6 is 0 Å². The second-order valence-electron chi connectivity index (χ2n) is 6.18. The fraction of sp³-hybridized carbons (Fsp3) is 0.529. The molecule has 0 aliphatic carbocycles. The molecule has 25 heavy (non-hydrogen) atoms. The van der Waals surface area contributed by atoms with Crippen molar-refractivity contribution in [2.24, 2.45) is 7.05 Å². The molecule has 1 aliphatic heterocycles. The second-order valence-corrected chi connectivity index (χ2v) is 6.18. The summed E-state index contributed by atoms with van der Waals surface area (Å²) in [5.74, 6) is 1.29. The molecule has 1 unspecified atom stereocenters. The van der Waals surface area contributed by atoms with Gasteiger partial charge in [-0.1, -0.05) is 6.92 Å². The van der Waals surface area contributed by atoms with Crippen LogP contribution in [0.25, 0.3) is 0 Å². The van der Waals surface area contributed by atoms with E-state index in [0.29, 0.717) is 24.7 Å². The Kier molecular flexibility index (Phi) is 5.16. The molecule has 1 saturated heterocycles. The summed E-state index contributed by atoms with van der Waals surface area (Å²) in [6.07, 6.45) is 6.75. The highest BCUT2D eigenvalue weighted by Gasteiger charge is 2.31. The van der Waals surface area contributed by atoms with E-state index in [4.69, 9.17) is 4.74 Å². The van der Waals surface area contributed by atoms with Crippen molar-refractivity contribution in [3.8, 4) is 5.88 Å². The van der Waals surface area contributed by atoms with Gasteiger partial charge in [-0.05, 0) is 18.9 Å². The van der Waals surface area contributed by atoms with Gasteiger partial charge in [0.05, 0.1) is 12.6 Å². The van der Waals surface area contributed by atoms with Crippen LogP contribution in [0.1, 0.15) is 30.3 Å². The molecule has 134 valence electrons. The van der Waals surface area contributed by atoms with Gasteiger partial charge in [-0.15, -0.1) is 0 Å². The number of aryl methyl sites for hydroxylation is 1. The zero-order valence-electron chi connectivity index (χ0n) is 14.9. The molecule has 8 nitrogen and oxygen atoms in total. The Bertz CT molecular complexity index is 731. The number of aromatic nitrogens is 4. The van der Waals surface area contributed by atoms with E-state index in [-0.39, 0.29) is 11.9 Å². The summed E-state index contributed by atoms with van der Waals surface area (Å²) in [5.41, 5.74) is 0.590. The molecular weight excluding hydrogens is 320 g/mol. The first-order valence-corrected chi connectivity index (χ1v) is 8.55. The molecule has 8 heteroatoms. The summed E-state index contributed by atoms with van der Waals surface area (Å²) in [7, 11) is 3.62. The zero-order chi connectivity index (χ0) is 17.8. The number of anilines is 1. The maximum atomic E-state index is 12.7. The molecule has 1 atom stereocenters. The van der Waals surface area contributed by atoms with Crippen molar-refractivity contribution in [1.82, 2.24) is 24.6 Å². The van der Waals surface area contributed by atoms with Crippen LogP contribution in [0.15, 0.2) is 24.7 Å². The molecule has 2 aromatic heterocycles. The van der Waals surface area contributed by atoms with Crippen molar-refractivity contribution in [2.45, 2.75) is 25.8 Å². The van der Waals surface area contributed by atoms with Gasteiger partial charge in [-0.3, -0.25) is 9.48 Å². The lowest BCUT2D eigenvalue weighted by Crippen LogP contribution is -2.40. The summed E-state index contributed by atoms with van der Waals surface area (Å²) in [6, 6.07) is 1.86. The largest absolute Gasteiger partial charge is 0.475 e. The highest BCUT2D eigenvalue weighted by Crippen LogP contribution is 2.28. The first kappa shape index (κ1) is 17.2. The normalized spacial score (nSPS) is 16.9. The average molecular weight is 344 g/mol. The fourth-order valence-corrected chi connectivity index (χ4v) is 3.02. The average Bonchev–Trinajstić information content (AvgIpc) is 3.28. The molecule has 3 heterocycles. The Labute approximate surface area is 147 Å². The molecule has 0 N–H and O–H groups in total. The molecule has 0 spiro atoms. The van der Waals surface area contributed by atoms with Gasteiger partial charge in [0.25, 0.3) is 11.8 Å². The van der Waals surface area contributed by atoms with Crippen LogP contribution in [0.2, 0.25) is 0 Å². The summed E-state index contributed by atoms with van der Waals surface area (Å²) in [4.78, 5) is 25.3. The van der Waals surface area contributed by atoms with E-state index >= 15 is 0 Å². The van der Waals surface area contributed by atoms with E-state index in [1.54, 1.807) is 41.3 Å². The highest BCUT2D eigenvalue weighted by atomic mass is 16.5. The van der Waals surface area contributed by atoms with E-state index in [1.165, 1.54) is 0 Å². The van der Waals surface area contributed by atoms with E-state index in [0.717, 1.165) is 25.2 Å². The van der Waals surface area contributed by atoms with E-state index in [9.17, 15) is 4.79 Å². The van der Waals surface area contributed by atoms with Gasteiger partial charge in [0, 0.05) is 45.8 Å². The first-order valence-electron chi connectivity index (χ1n) is 8.55. The van der Waals surface area contributed by atoms with Crippen LogP contribution in [0, 0.1) is 0 Å². The van der Waals surface area contributed by atoms with E-state index < -0.39 is 0 Å². The predicted octanol–water partition coefficient (Wildman–Crippen LogP) is 1.35. The van der Waals surface area contributed by atoms with Crippen molar-refractivity contribution in [2.75, 3.05) is 31.6 Å². The number of hydrogen-bond donors (Lipinski definition) is 0. The molecule has 0 aromatic carbocycles. The van der Waals surface area contributed by atoms with Gasteiger partial charge in [-0.2, -0.15) is 5.10 Å². The minimum Gasteiger partial charge on any atom is -0.475 e. The van der Waals surface area contributed by atoms with Crippen LogP contribution in [-0.4, -0.2) is 63.3 Å². The summed E-state index contributed by atoms with van der Waals surface area (Å²) in [5, 5.41) is 4.07. The Morgan fingerprint density at radius 3 is 2.88 bits per heavy atom. The van der Waals surface area contributed by atoms with E-state index in [1.807, 2.05) is 7.05 Å². The van der Waals surface area contributed by atoms with Crippen molar-refractivity contribution in [3.63, 3.8) is 0 Å². The van der Waals surface area contributed by atoms with Crippen LogP contribution in [0.4, 0.5) is 5.82 Å². The lowest BCUT2D eigenvalue weighted by atomic mass is 10.2. The van der Waals surface area contributed by atoms with E-state index in [2.05, 4.69) is 26.9 Å². The quantitative estimate of drug-likeness (QED) is 0.787. The summed E-state index contributed by atoms with van der Waals surface area (Å²) >= 11 is 0. The topological polar surface area (TPSA) is 76.4 Å². The molecular formula is C17H24N6O2.